The van der Waals surface area contributed by atoms with Crippen LogP contribution in [0.4, 0.5) is 17.1 Å². The van der Waals surface area contributed by atoms with Gasteiger partial charge in [-0.25, -0.2) is 0 Å². The van der Waals surface area contributed by atoms with E-state index in [2.05, 4.69) is 217 Å². The van der Waals surface area contributed by atoms with Gasteiger partial charge in [0.25, 0.3) is 0 Å². The Balaban J connectivity index is 0.991. The molecule has 0 N–H and O–H groups in total. The number of para-hydroxylation sites is 2. The highest BCUT2D eigenvalue weighted by Gasteiger charge is 2.17. The SMILES string of the molecule is c1cc(-c2ccc(N(c3ccc(-c4cccc5c4oc4ccccc45)cc3)c3cccc(-c4ccc5ccccc5c4)c3)cc2)cc(-c2cccc3ccccc23)c1. The van der Waals surface area contributed by atoms with Gasteiger partial charge in [0.05, 0.1) is 0 Å². The fourth-order valence-electron chi connectivity index (χ4n) is 8.55. The molecule has 10 aromatic carbocycles. The molecule has 11 rings (SSSR count). The van der Waals surface area contributed by atoms with Crippen LogP contribution in [0.1, 0.15) is 0 Å². The van der Waals surface area contributed by atoms with Crippen molar-refractivity contribution < 1.29 is 4.42 Å². The summed E-state index contributed by atoms with van der Waals surface area (Å²) in [7, 11) is 0. The van der Waals surface area contributed by atoms with Crippen LogP contribution in [-0.2, 0) is 0 Å². The third kappa shape index (κ3) is 6.00. The third-order valence-corrected chi connectivity index (χ3v) is 11.4. The second-order valence-electron chi connectivity index (χ2n) is 14.9. The predicted octanol–water partition coefficient (Wildman–Crippen LogP) is 16.0. The monoisotopic (exact) mass is 739 g/mol. The summed E-state index contributed by atoms with van der Waals surface area (Å²) in [6, 6.07) is 80.7. The van der Waals surface area contributed by atoms with Crippen LogP contribution in [0.15, 0.2) is 229 Å². The van der Waals surface area contributed by atoms with Crippen molar-refractivity contribution in [3.8, 4) is 44.5 Å². The Labute approximate surface area is 337 Å². The molecule has 2 heteroatoms. The summed E-state index contributed by atoms with van der Waals surface area (Å²) >= 11 is 0. The molecule has 0 aliphatic heterocycles. The number of hydrogen-bond donors (Lipinski definition) is 0. The molecule has 58 heavy (non-hydrogen) atoms. The summed E-state index contributed by atoms with van der Waals surface area (Å²) in [5, 5.41) is 7.25. The fourth-order valence-corrected chi connectivity index (χ4v) is 8.55. The van der Waals surface area contributed by atoms with Crippen LogP contribution in [-0.4, -0.2) is 0 Å². The second kappa shape index (κ2) is 14.1. The summed E-state index contributed by atoms with van der Waals surface area (Å²) in [5.41, 5.74) is 14.4. The minimum absolute atomic E-state index is 0.905. The number of benzene rings is 10. The van der Waals surface area contributed by atoms with E-state index in [9.17, 15) is 0 Å². The van der Waals surface area contributed by atoms with Gasteiger partial charge in [-0.15, -0.1) is 0 Å². The molecule has 0 unspecified atom stereocenters. The van der Waals surface area contributed by atoms with E-state index in [-0.39, 0.29) is 0 Å². The minimum atomic E-state index is 0.905. The van der Waals surface area contributed by atoms with Gasteiger partial charge in [-0.05, 0) is 115 Å². The van der Waals surface area contributed by atoms with Crippen molar-refractivity contribution in [1.29, 1.82) is 0 Å². The average molecular weight is 740 g/mol. The van der Waals surface area contributed by atoms with Gasteiger partial charge in [-0.3, -0.25) is 0 Å². The zero-order valence-electron chi connectivity index (χ0n) is 31.7. The number of hydrogen-bond acceptors (Lipinski definition) is 2. The zero-order chi connectivity index (χ0) is 38.4. The molecule has 11 aromatic rings. The number of fused-ring (bicyclic) bond motifs is 5. The smallest absolute Gasteiger partial charge is 0.143 e. The van der Waals surface area contributed by atoms with Crippen LogP contribution in [0.5, 0.6) is 0 Å². The molecule has 0 saturated carbocycles. The first kappa shape index (κ1) is 33.6. The largest absolute Gasteiger partial charge is 0.455 e. The number of rotatable bonds is 7. The van der Waals surface area contributed by atoms with Gasteiger partial charge < -0.3 is 9.32 Å². The Bertz CT molecular complexity index is 3280. The quantitative estimate of drug-likeness (QED) is 0.162. The molecule has 0 radical (unpaired) electrons. The highest BCUT2D eigenvalue weighted by Crippen LogP contribution is 2.41. The Morgan fingerprint density at radius 2 is 0.828 bits per heavy atom. The maximum atomic E-state index is 6.42. The van der Waals surface area contributed by atoms with Crippen LogP contribution in [0.25, 0.3) is 88.0 Å². The number of anilines is 3. The van der Waals surface area contributed by atoms with E-state index in [0.29, 0.717) is 0 Å². The van der Waals surface area contributed by atoms with Gasteiger partial charge in [0.15, 0.2) is 0 Å². The van der Waals surface area contributed by atoms with Crippen LogP contribution in [0, 0.1) is 0 Å². The lowest BCUT2D eigenvalue weighted by atomic mass is 9.95. The van der Waals surface area contributed by atoms with Crippen molar-refractivity contribution in [3.63, 3.8) is 0 Å². The van der Waals surface area contributed by atoms with Crippen LogP contribution >= 0.6 is 0 Å². The average Bonchev–Trinajstić information content (AvgIpc) is 3.69. The van der Waals surface area contributed by atoms with Gasteiger partial charge in [-0.2, -0.15) is 0 Å². The molecule has 0 aliphatic carbocycles. The Kier molecular flexibility index (Phi) is 8.19. The Morgan fingerprint density at radius 1 is 0.276 bits per heavy atom. The molecule has 0 bridgehead atoms. The first-order chi connectivity index (χ1) is 28.7. The normalized spacial score (nSPS) is 11.4. The lowest BCUT2D eigenvalue weighted by Gasteiger charge is -2.26. The van der Waals surface area contributed by atoms with Crippen LogP contribution < -0.4 is 4.90 Å². The lowest BCUT2D eigenvalue weighted by Crippen LogP contribution is -2.10. The maximum Gasteiger partial charge on any atom is 0.143 e. The standard InChI is InChI=1S/C56H37NO/c1-2-13-42-35-45(26-25-38(42)11-1)44-16-8-18-49(37-44)57(48-33-29-41(30-34-48)52-22-10-23-54-53-20-5-6-24-55(53)58-56(52)54)47-31-27-39(28-32-47)43-15-7-17-46(36-43)51-21-9-14-40-12-3-4-19-50(40)51/h1-37H. The summed E-state index contributed by atoms with van der Waals surface area (Å²) in [5.74, 6) is 0. The zero-order valence-corrected chi connectivity index (χ0v) is 31.7. The molecule has 0 amide bonds. The molecule has 0 aliphatic rings. The van der Waals surface area contributed by atoms with Crippen molar-refractivity contribution in [3.05, 3.63) is 224 Å². The van der Waals surface area contributed by atoms with Gasteiger partial charge >= 0.3 is 0 Å². The van der Waals surface area contributed by atoms with E-state index in [1.807, 2.05) is 12.1 Å². The van der Waals surface area contributed by atoms with Gasteiger partial charge in [0, 0.05) is 33.4 Å². The van der Waals surface area contributed by atoms with E-state index >= 15 is 0 Å². The molecule has 272 valence electrons. The highest BCUT2D eigenvalue weighted by molar-refractivity contribution is 6.09. The molecule has 0 saturated heterocycles. The Morgan fingerprint density at radius 3 is 1.66 bits per heavy atom. The van der Waals surface area contributed by atoms with E-state index in [1.54, 1.807) is 0 Å². The summed E-state index contributed by atoms with van der Waals surface area (Å²) in [6.45, 7) is 0. The van der Waals surface area contributed by atoms with Crippen molar-refractivity contribution in [1.82, 2.24) is 0 Å². The van der Waals surface area contributed by atoms with E-state index in [4.69, 9.17) is 4.42 Å². The summed E-state index contributed by atoms with van der Waals surface area (Å²) in [6.07, 6.45) is 0. The lowest BCUT2D eigenvalue weighted by molar-refractivity contribution is 0.670. The van der Waals surface area contributed by atoms with Gasteiger partial charge in [0.2, 0.25) is 0 Å². The number of furan rings is 1. The van der Waals surface area contributed by atoms with Crippen LogP contribution in [0.2, 0.25) is 0 Å². The number of nitrogens with zero attached hydrogens (tertiary/aromatic N) is 1. The third-order valence-electron chi connectivity index (χ3n) is 11.4. The van der Waals surface area contributed by atoms with Crippen molar-refractivity contribution in [2.75, 3.05) is 4.90 Å². The van der Waals surface area contributed by atoms with Crippen LogP contribution in [0.3, 0.4) is 0 Å². The van der Waals surface area contributed by atoms with E-state index in [0.717, 1.165) is 50.1 Å². The first-order valence-corrected chi connectivity index (χ1v) is 19.8. The minimum Gasteiger partial charge on any atom is -0.455 e. The van der Waals surface area contributed by atoms with Crippen molar-refractivity contribution in [2.24, 2.45) is 0 Å². The molecule has 1 aromatic heterocycles. The fraction of sp³-hybridized carbons (Fsp3) is 0. The van der Waals surface area contributed by atoms with Gasteiger partial charge in [0.1, 0.15) is 11.2 Å². The van der Waals surface area contributed by atoms with Gasteiger partial charge in [-0.1, -0.05) is 170 Å². The topological polar surface area (TPSA) is 16.4 Å². The molecular weight excluding hydrogens is 703 g/mol. The molecule has 0 atom stereocenters. The van der Waals surface area contributed by atoms with Crippen molar-refractivity contribution >= 4 is 60.5 Å². The molecule has 1 heterocycles. The highest BCUT2D eigenvalue weighted by atomic mass is 16.3. The first-order valence-electron chi connectivity index (χ1n) is 19.8. The van der Waals surface area contributed by atoms with Crippen molar-refractivity contribution in [2.45, 2.75) is 0 Å². The molecule has 0 spiro atoms. The molecular formula is C56H37NO. The maximum absolute atomic E-state index is 6.42. The summed E-state index contributed by atoms with van der Waals surface area (Å²) in [4.78, 5) is 2.35. The van der Waals surface area contributed by atoms with E-state index in [1.165, 1.54) is 54.9 Å². The molecule has 2 nitrogen and oxygen atoms in total. The molecule has 0 fully saturated rings. The van der Waals surface area contributed by atoms with E-state index < -0.39 is 0 Å². The predicted molar refractivity (Wildman–Crippen MR) is 245 cm³/mol. The summed E-state index contributed by atoms with van der Waals surface area (Å²) < 4.78 is 6.42. The Hall–Kier alpha value is -7.68. The second-order valence-corrected chi connectivity index (χ2v) is 14.9.